The quantitative estimate of drug-likeness (QED) is 0.619. The summed E-state index contributed by atoms with van der Waals surface area (Å²) in [5, 5.41) is 14.0. The second-order valence-electron chi connectivity index (χ2n) is 5.04. The van der Waals surface area contributed by atoms with E-state index in [9.17, 15) is 18.0 Å². The second-order valence-corrected chi connectivity index (χ2v) is 5.04. The minimum Gasteiger partial charge on any atom is -0.497 e. The number of nitrogens with one attached hydrogen (secondary N) is 2. The summed E-state index contributed by atoms with van der Waals surface area (Å²) in [5.74, 6) is -0.167. The van der Waals surface area contributed by atoms with Crippen molar-refractivity contribution in [2.45, 2.75) is 6.18 Å². The number of benzene rings is 2. The number of carbonyl (C=O) groups excluding carboxylic acids is 1. The van der Waals surface area contributed by atoms with Crippen LogP contribution >= 0.6 is 0 Å². The number of halogens is 3. The van der Waals surface area contributed by atoms with Gasteiger partial charge in [0.15, 0.2) is 0 Å². The molecule has 0 aliphatic carbocycles. The van der Waals surface area contributed by atoms with Crippen LogP contribution in [0.15, 0.2) is 60.3 Å². The molecule has 0 saturated carbocycles. The molecule has 2 N–H and O–H groups in total. The van der Waals surface area contributed by atoms with E-state index in [0.717, 1.165) is 12.3 Å². The van der Waals surface area contributed by atoms with Gasteiger partial charge in [-0.05, 0) is 36.4 Å². The van der Waals surface area contributed by atoms with Gasteiger partial charge >= 0.3 is 6.18 Å². The number of anilines is 2. The standard InChI is InChI=1S/C18H14F3N3O2/c1-26-14-8-6-13(7-9-14)24-17(25)12(10-22)11-23-16-5-3-2-4-15(16)18(19,20)21/h2-9,11,23H,1H3,(H,24,25)/b12-11-. The van der Waals surface area contributed by atoms with Crippen LogP contribution in [0, 0.1) is 11.3 Å². The van der Waals surface area contributed by atoms with E-state index in [4.69, 9.17) is 10.00 Å². The summed E-state index contributed by atoms with van der Waals surface area (Å²) in [6.45, 7) is 0. The van der Waals surface area contributed by atoms with Gasteiger partial charge in [-0.25, -0.2) is 0 Å². The summed E-state index contributed by atoms with van der Waals surface area (Å²) >= 11 is 0. The fourth-order valence-electron chi connectivity index (χ4n) is 2.03. The van der Waals surface area contributed by atoms with E-state index in [-0.39, 0.29) is 11.3 Å². The van der Waals surface area contributed by atoms with Crippen LogP contribution < -0.4 is 15.4 Å². The Labute approximate surface area is 147 Å². The van der Waals surface area contributed by atoms with E-state index >= 15 is 0 Å². The summed E-state index contributed by atoms with van der Waals surface area (Å²) in [5.41, 5.74) is -1.13. The zero-order valence-electron chi connectivity index (χ0n) is 13.6. The molecule has 1 amide bonds. The smallest absolute Gasteiger partial charge is 0.418 e. The van der Waals surface area contributed by atoms with Gasteiger partial charge in [-0.1, -0.05) is 12.1 Å². The monoisotopic (exact) mass is 361 g/mol. The largest absolute Gasteiger partial charge is 0.497 e. The van der Waals surface area contributed by atoms with Gasteiger partial charge in [0, 0.05) is 11.9 Å². The maximum atomic E-state index is 12.9. The lowest BCUT2D eigenvalue weighted by atomic mass is 10.1. The van der Waals surface area contributed by atoms with Crippen molar-refractivity contribution in [3.05, 3.63) is 65.9 Å². The van der Waals surface area contributed by atoms with E-state index in [1.54, 1.807) is 30.3 Å². The summed E-state index contributed by atoms with van der Waals surface area (Å²) in [6, 6.07) is 12.8. The topological polar surface area (TPSA) is 74.1 Å². The molecule has 0 fully saturated rings. The van der Waals surface area contributed by atoms with Crippen molar-refractivity contribution >= 4 is 17.3 Å². The van der Waals surface area contributed by atoms with Crippen LogP contribution in [-0.2, 0) is 11.0 Å². The van der Waals surface area contributed by atoms with Crippen LogP contribution in [-0.4, -0.2) is 13.0 Å². The number of hydrogen-bond acceptors (Lipinski definition) is 4. The molecule has 0 unspecified atom stereocenters. The van der Waals surface area contributed by atoms with Gasteiger partial charge in [-0.15, -0.1) is 0 Å². The summed E-state index contributed by atoms with van der Waals surface area (Å²) < 4.78 is 43.8. The van der Waals surface area contributed by atoms with E-state index in [1.807, 2.05) is 0 Å². The number of methoxy groups -OCH3 is 1. The molecule has 0 aromatic heterocycles. The number of ether oxygens (including phenoxy) is 1. The molecule has 0 spiro atoms. The number of hydrogen-bond donors (Lipinski definition) is 2. The number of nitriles is 1. The third kappa shape index (κ3) is 4.77. The molecule has 0 bridgehead atoms. The highest BCUT2D eigenvalue weighted by Crippen LogP contribution is 2.34. The van der Waals surface area contributed by atoms with Crippen molar-refractivity contribution in [2.24, 2.45) is 0 Å². The van der Waals surface area contributed by atoms with Gasteiger partial charge in [0.1, 0.15) is 17.4 Å². The van der Waals surface area contributed by atoms with E-state index in [1.165, 1.54) is 25.3 Å². The Morgan fingerprint density at radius 2 is 1.81 bits per heavy atom. The molecule has 0 atom stereocenters. The predicted octanol–water partition coefficient (Wildman–Crippen LogP) is 4.17. The summed E-state index contributed by atoms with van der Waals surface area (Å²) in [7, 11) is 1.49. The maximum Gasteiger partial charge on any atom is 0.418 e. The Kier molecular flexibility index (Phi) is 5.86. The van der Waals surface area contributed by atoms with Gasteiger partial charge < -0.3 is 15.4 Å². The first-order chi connectivity index (χ1) is 12.3. The number of alkyl halides is 3. The molecule has 26 heavy (non-hydrogen) atoms. The maximum absolute atomic E-state index is 12.9. The summed E-state index contributed by atoms with van der Waals surface area (Å²) in [6.07, 6.45) is -3.63. The molecule has 8 heteroatoms. The van der Waals surface area contributed by atoms with Crippen molar-refractivity contribution in [2.75, 3.05) is 17.7 Å². The fraction of sp³-hybridized carbons (Fsp3) is 0.111. The first kappa shape index (κ1) is 18.9. The van der Waals surface area contributed by atoms with Gasteiger partial charge in [0.2, 0.25) is 0 Å². The zero-order chi connectivity index (χ0) is 19.2. The van der Waals surface area contributed by atoms with E-state index in [0.29, 0.717) is 11.4 Å². The lowest BCUT2D eigenvalue weighted by molar-refractivity contribution is -0.136. The minimum absolute atomic E-state index is 0.259. The predicted molar refractivity (Wildman–Crippen MR) is 90.4 cm³/mol. The number of para-hydroxylation sites is 1. The Hall–Kier alpha value is -3.47. The molecule has 0 radical (unpaired) electrons. The lowest BCUT2D eigenvalue weighted by Gasteiger charge is -2.12. The molecule has 0 heterocycles. The van der Waals surface area contributed by atoms with Crippen LogP contribution in [0.4, 0.5) is 24.5 Å². The first-order valence-corrected chi connectivity index (χ1v) is 7.33. The van der Waals surface area contributed by atoms with Crippen LogP contribution in [0.2, 0.25) is 0 Å². The molecule has 0 aliphatic heterocycles. The fourth-order valence-corrected chi connectivity index (χ4v) is 2.03. The molecule has 5 nitrogen and oxygen atoms in total. The zero-order valence-corrected chi connectivity index (χ0v) is 13.6. The first-order valence-electron chi connectivity index (χ1n) is 7.33. The third-order valence-electron chi connectivity index (χ3n) is 3.32. The van der Waals surface area contributed by atoms with Crippen LogP contribution in [0.3, 0.4) is 0 Å². The minimum atomic E-state index is -4.56. The van der Waals surface area contributed by atoms with Gasteiger partial charge in [0.05, 0.1) is 18.4 Å². The number of rotatable bonds is 5. The molecule has 0 saturated heterocycles. The normalized spacial score (nSPS) is 11.4. The molecule has 2 rings (SSSR count). The van der Waals surface area contributed by atoms with Crippen LogP contribution in [0.1, 0.15) is 5.56 Å². The SMILES string of the molecule is COc1ccc(NC(=O)/C(C#N)=C\Nc2ccccc2C(F)(F)F)cc1. The lowest BCUT2D eigenvalue weighted by Crippen LogP contribution is -2.15. The average Bonchev–Trinajstić information content (AvgIpc) is 2.62. The highest BCUT2D eigenvalue weighted by Gasteiger charge is 2.33. The van der Waals surface area contributed by atoms with Gasteiger partial charge in [-0.3, -0.25) is 4.79 Å². The van der Waals surface area contributed by atoms with Gasteiger partial charge in [-0.2, -0.15) is 18.4 Å². The number of amides is 1. The third-order valence-corrected chi connectivity index (χ3v) is 3.32. The molecule has 0 aliphatic rings. The Bertz CT molecular complexity index is 853. The highest BCUT2D eigenvalue weighted by molar-refractivity contribution is 6.06. The number of nitrogens with zero attached hydrogens (tertiary/aromatic N) is 1. The summed E-state index contributed by atoms with van der Waals surface area (Å²) in [4.78, 5) is 12.1. The molecular weight excluding hydrogens is 347 g/mol. The Morgan fingerprint density at radius 3 is 2.38 bits per heavy atom. The highest BCUT2D eigenvalue weighted by atomic mass is 19.4. The van der Waals surface area contributed by atoms with Crippen molar-refractivity contribution in [3.63, 3.8) is 0 Å². The van der Waals surface area contributed by atoms with Crippen molar-refractivity contribution in [1.29, 1.82) is 5.26 Å². The second kappa shape index (κ2) is 8.07. The average molecular weight is 361 g/mol. The van der Waals surface area contributed by atoms with Crippen molar-refractivity contribution < 1.29 is 22.7 Å². The molecule has 134 valence electrons. The van der Waals surface area contributed by atoms with E-state index < -0.39 is 17.6 Å². The molecule has 2 aromatic carbocycles. The Morgan fingerprint density at radius 1 is 1.15 bits per heavy atom. The molecule has 2 aromatic rings. The van der Waals surface area contributed by atoms with Crippen LogP contribution in [0.5, 0.6) is 5.75 Å². The van der Waals surface area contributed by atoms with Crippen molar-refractivity contribution in [1.82, 2.24) is 0 Å². The van der Waals surface area contributed by atoms with Crippen LogP contribution in [0.25, 0.3) is 0 Å². The number of carbonyl (C=O) groups is 1. The van der Waals surface area contributed by atoms with Crippen molar-refractivity contribution in [3.8, 4) is 11.8 Å². The Balaban J connectivity index is 2.15. The molecular formula is C18H14F3N3O2. The van der Waals surface area contributed by atoms with E-state index in [2.05, 4.69) is 10.6 Å². The van der Waals surface area contributed by atoms with Gasteiger partial charge in [0.25, 0.3) is 5.91 Å².